The number of nitrogens with one attached hydrogen (secondary N) is 1. The average Bonchev–Trinajstić information content (AvgIpc) is 2.53. The summed E-state index contributed by atoms with van der Waals surface area (Å²) in [5, 5.41) is 3.85. The van der Waals surface area contributed by atoms with Crippen molar-refractivity contribution in [2.45, 2.75) is 32.5 Å². The number of hydrogen-bond donors (Lipinski definition) is 1. The molecular formula is C16H19BrN4O2. The van der Waals surface area contributed by atoms with E-state index in [2.05, 4.69) is 33.2 Å². The van der Waals surface area contributed by atoms with Crippen LogP contribution in [0.3, 0.4) is 0 Å². The SMILES string of the molecule is CC1NCCN(C(=O)Cn2cnc3ccc(Br)cc3c2=O)C1C. The van der Waals surface area contributed by atoms with Gasteiger partial charge in [0, 0.05) is 29.6 Å². The fourth-order valence-electron chi connectivity index (χ4n) is 2.89. The lowest BCUT2D eigenvalue weighted by atomic mass is 10.1. The number of hydrogen-bond acceptors (Lipinski definition) is 4. The van der Waals surface area contributed by atoms with Crippen LogP contribution in [0.5, 0.6) is 0 Å². The van der Waals surface area contributed by atoms with Gasteiger partial charge < -0.3 is 10.2 Å². The van der Waals surface area contributed by atoms with Gasteiger partial charge >= 0.3 is 0 Å². The van der Waals surface area contributed by atoms with Gasteiger partial charge in [-0.3, -0.25) is 14.2 Å². The Balaban J connectivity index is 1.88. The van der Waals surface area contributed by atoms with Gasteiger partial charge in [0.2, 0.25) is 5.91 Å². The smallest absolute Gasteiger partial charge is 0.261 e. The minimum absolute atomic E-state index is 0.0192. The molecule has 0 saturated carbocycles. The van der Waals surface area contributed by atoms with E-state index < -0.39 is 0 Å². The van der Waals surface area contributed by atoms with Crippen molar-refractivity contribution in [2.24, 2.45) is 0 Å². The fraction of sp³-hybridized carbons (Fsp3) is 0.438. The van der Waals surface area contributed by atoms with Crippen LogP contribution in [0.15, 0.2) is 33.8 Å². The van der Waals surface area contributed by atoms with Crippen LogP contribution < -0.4 is 10.9 Å². The van der Waals surface area contributed by atoms with E-state index in [4.69, 9.17) is 0 Å². The van der Waals surface area contributed by atoms with Gasteiger partial charge in [-0.15, -0.1) is 0 Å². The molecule has 3 rings (SSSR count). The van der Waals surface area contributed by atoms with Crippen molar-refractivity contribution in [3.05, 3.63) is 39.4 Å². The number of rotatable bonds is 2. The lowest BCUT2D eigenvalue weighted by Crippen LogP contribution is -2.58. The van der Waals surface area contributed by atoms with Crippen LogP contribution >= 0.6 is 15.9 Å². The van der Waals surface area contributed by atoms with E-state index in [1.807, 2.05) is 17.9 Å². The normalized spacial score (nSPS) is 21.6. The number of fused-ring (bicyclic) bond motifs is 1. The molecule has 2 heterocycles. The molecule has 2 unspecified atom stereocenters. The van der Waals surface area contributed by atoms with Crippen molar-refractivity contribution in [2.75, 3.05) is 13.1 Å². The van der Waals surface area contributed by atoms with Gasteiger partial charge in [-0.2, -0.15) is 0 Å². The summed E-state index contributed by atoms with van der Waals surface area (Å²) >= 11 is 3.36. The maximum Gasteiger partial charge on any atom is 0.261 e. The van der Waals surface area contributed by atoms with Gasteiger partial charge in [0.1, 0.15) is 6.54 Å². The molecule has 1 amide bonds. The molecule has 1 aliphatic rings. The Morgan fingerprint density at radius 3 is 3.00 bits per heavy atom. The van der Waals surface area contributed by atoms with Crippen molar-refractivity contribution >= 4 is 32.7 Å². The van der Waals surface area contributed by atoms with Crippen molar-refractivity contribution < 1.29 is 4.79 Å². The van der Waals surface area contributed by atoms with Crippen LogP contribution in [0.25, 0.3) is 10.9 Å². The maximum atomic E-state index is 12.6. The highest BCUT2D eigenvalue weighted by molar-refractivity contribution is 9.10. The Morgan fingerprint density at radius 1 is 1.43 bits per heavy atom. The minimum Gasteiger partial charge on any atom is -0.336 e. The quantitative estimate of drug-likeness (QED) is 0.856. The van der Waals surface area contributed by atoms with Gasteiger partial charge in [0.05, 0.1) is 17.2 Å². The van der Waals surface area contributed by atoms with Crippen LogP contribution in [-0.4, -0.2) is 45.5 Å². The molecule has 1 fully saturated rings. The number of benzene rings is 1. The molecule has 2 atom stereocenters. The molecule has 6 nitrogen and oxygen atoms in total. The highest BCUT2D eigenvalue weighted by atomic mass is 79.9. The summed E-state index contributed by atoms with van der Waals surface area (Å²) in [6.07, 6.45) is 1.45. The molecule has 1 aromatic heterocycles. The second-order valence-electron chi connectivity index (χ2n) is 5.91. The van der Waals surface area contributed by atoms with Gasteiger partial charge in [-0.05, 0) is 32.0 Å². The van der Waals surface area contributed by atoms with Crippen LogP contribution in [0, 0.1) is 0 Å². The lowest BCUT2D eigenvalue weighted by Gasteiger charge is -2.38. The van der Waals surface area contributed by atoms with Crippen molar-refractivity contribution in [1.29, 1.82) is 0 Å². The topological polar surface area (TPSA) is 67.2 Å². The highest BCUT2D eigenvalue weighted by Crippen LogP contribution is 2.15. The maximum absolute atomic E-state index is 12.6. The van der Waals surface area contributed by atoms with E-state index in [-0.39, 0.29) is 30.1 Å². The summed E-state index contributed by atoms with van der Waals surface area (Å²) in [6.45, 7) is 5.53. The van der Waals surface area contributed by atoms with E-state index in [0.29, 0.717) is 17.4 Å². The summed E-state index contributed by atoms with van der Waals surface area (Å²) in [5.41, 5.74) is 0.437. The van der Waals surface area contributed by atoms with Gasteiger partial charge in [0.15, 0.2) is 0 Å². The van der Waals surface area contributed by atoms with Crippen LogP contribution in [0.2, 0.25) is 0 Å². The molecular weight excluding hydrogens is 360 g/mol. The van der Waals surface area contributed by atoms with Crippen LogP contribution in [0.4, 0.5) is 0 Å². The second kappa shape index (κ2) is 6.41. The van der Waals surface area contributed by atoms with Crippen molar-refractivity contribution in [3.8, 4) is 0 Å². The lowest BCUT2D eigenvalue weighted by molar-refractivity contribution is -0.135. The Kier molecular flexibility index (Phi) is 4.50. The molecule has 122 valence electrons. The molecule has 1 N–H and O–H groups in total. The number of piperazine rings is 1. The Morgan fingerprint density at radius 2 is 2.22 bits per heavy atom. The average molecular weight is 379 g/mol. The monoisotopic (exact) mass is 378 g/mol. The Bertz CT molecular complexity index is 804. The largest absolute Gasteiger partial charge is 0.336 e. The predicted molar refractivity (Wildman–Crippen MR) is 92.3 cm³/mol. The fourth-order valence-corrected chi connectivity index (χ4v) is 3.25. The van der Waals surface area contributed by atoms with E-state index >= 15 is 0 Å². The molecule has 0 radical (unpaired) electrons. The summed E-state index contributed by atoms with van der Waals surface area (Å²) in [5.74, 6) is -0.0518. The van der Waals surface area contributed by atoms with Crippen LogP contribution in [0.1, 0.15) is 13.8 Å². The molecule has 1 aromatic carbocycles. The zero-order valence-electron chi connectivity index (χ0n) is 13.1. The molecule has 0 spiro atoms. The molecule has 2 aromatic rings. The molecule has 23 heavy (non-hydrogen) atoms. The summed E-state index contributed by atoms with van der Waals surface area (Å²) in [6, 6.07) is 5.71. The van der Waals surface area contributed by atoms with Crippen molar-refractivity contribution in [1.82, 2.24) is 19.8 Å². The first-order valence-electron chi connectivity index (χ1n) is 7.65. The first-order chi connectivity index (χ1) is 11.0. The molecule has 0 bridgehead atoms. The summed E-state index contributed by atoms with van der Waals surface area (Å²) in [7, 11) is 0. The first-order valence-corrected chi connectivity index (χ1v) is 8.44. The van der Waals surface area contributed by atoms with Gasteiger partial charge in [-0.1, -0.05) is 15.9 Å². The third-order valence-corrected chi connectivity index (χ3v) is 4.94. The summed E-state index contributed by atoms with van der Waals surface area (Å²) < 4.78 is 2.20. The Labute approximate surface area is 142 Å². The van der Waals surface area contributed by atoms with E-state index in [9.17, 15) is 9.59 Å². The minimum atomic E-state index is -0.194. The molecule has 1 aliphatic heterocycles. The zero-order chi connectivity index (χ0) is 16.6. The number of nitrogens with zero attached hydrogens (tertiary/aromatic N) is 3. The van der Waals surface area contributed by atoms with Crippen molar-refractivity contribution in [3.63, 3.8) is 0 Å². The number of carbonyl (C=O) groups is 1. The molecule has 7 heteroatoms. The van der Waals surface area contributed by atoms with Gasteiger partial charge in [-0.25, -0.2) is 4.98 Å². The van der Waals surface area contributed by atoms with E-state index in [1.54, 1.807) is 12.1 Å². The second-order valence-corrected chi connectivity index (χ2v) is 6.83. The predicted octanol–water partition coefficient (Wildman–Crippen LogP) is 1.37. The van der Waals surface area contributed by atoms with Gasteiger partial charge in [0.25, 0.3) is 5.56 Å². The first kappa shape index (κ1) is 16.1. The zero-order valence-corrected chi connectivity index (χ0v) is 14.7. The number of halogens is 1. The third-order valence-electron chi connectivity index (χ3n) is 4.45. The van der Waals surface area contributed by atoms with E-state index in [0.717, 1.165) is 11.0 Å². The highest BCUT2D eigenvalue weighted by Gasteiger charge is 2.28. The third kappa shape index (κ3) is 3.16. The molecule has 1 saturated heterocycles. The summed E-state index contributed by atoms with van der Waals surface area (Å²) in [4.78, 5) is 31.3. The standard InChI is InChI=1S/C16H19BrN4O2/c1-10-11(2)21(6-5-18-10)15(22)8-20-9-19-14-4-3-12(17)7-13(14)16(20)23/h3-4,7,9-11,18H,5-6,8H2,1-2H3. The van der Waals surface area contributed by atoms with Crippen LogP contribution in [-0.2, 0) is 11.3 Å². The number of amides is 1. The molecule has 0 aliphatic carbocycles. The Hall–Kier alpha value is -1.73. The number of carbonyl (C=O) groups excluding carboxylic acids is 1. The number of aromatic nitrogens is 2. The van der Waals surface area contributed by atoms with E-state index in [1.165, 1.54) is 10.9 Å².